The molecule has 11 heteroatoms. The van der Waals surface area contributed by atoms with Crippen LogP contribution >= 0.6 is 0 Å². The standard InChI is InChI=1S/C30H29AsF3N5O2/c1-18(2)16-39-13-4-3-7-24(39)29(40)37-23-14-20(30(32,33)34)10-11-21(23)22-15-27(36-17-35-22)41-25-8-5-6-19-9-12-26(31)38-28(19)25/h5-6,8-12,14-15,17-18,24H,3-4,7,13,16H2,1-2H3,(H,37,40)/t24-/m1/s1. The van der Waals surface area contributed by atoms with E-state index >= 15 is 0 Å². The molecule has 1 saturated heterocycles. The Labute approximate surface area is 245 Å². The van der Waals surface area contributed by atoms with E-state index < -0.39 is 17.8 Å². The summed E-state index contributed by atoms with van der Waals surface area (Å²) in [7, 11) is 0. The average molecular weight is 624 g/mol. The molecule has 1 aliphatic heterocycles. The van der Waals surface area contributed by atoms with E-state index in [2.05, 4.69) is 55.9 Å². The number of alkyl halides is 3. The first-order valence-corrected chi connectivity index (χ1v) is 14.4. The second kappa shape index (κ2) is 12.2. The van der Waals surface area contributed by atoms with Crippen LogP contribution in [0.1, 0.15) is 38.7 Å². The number of halogens is 3. The predicted octanol–water partition coefficient (Wildman–Crippen LogP) is 5.75. The number of aromatic nitrogens is 3. The van der Waals surface area contributed by atoms with Crippen molar-refractivity contribution in [3.8, 4) is 22.9 Å². The van der Waals surface area contributed by atoms with Gasteiger partial charge in [-0.3, -0.25) is 9.69 Å². The molecule has 5 rings (SSSR count). The third-order valence-electron chi connectivity index (χ3n) is 6.92. The molecule has 41 heavy (non-hydrogen) atoms. The summed E-state index contributed by atoms with van der Waals surface area (Å²) in [4.78, 5) is 28.6. The monoisotopic (exact) mass is 623 g/mol. The minimum absolute atomic E-state index is 0.0322. The van der Waals surface area contributed by atoms with E-state index in [0.717, 1.165) is 47.9 Å². The molecule has 2 radical (unpaired) electrons. The summed E-state index contributed by atoms with van der Waals surface area (Å²) >= 11 is 2.38. The number of benzene rings is 2. The number of anilines is 1. The van der Waals surface area contributed by atoms with Gasteiger partial charge in [-0.1, -0.05) is 20.3 Å². The minimum atomic E-state index is -4.58. The quantitative estimate of drug-likeness (QED) is 0.265. The first-order valence-electron chi connectivity index (χ1n) is 13.4. The molecular weight excluding hydrogens is 594 g/mol. The fourth-order valence-corrected chi connectivity index (χ4v) is 5.45. The van der Waals surface area contributed by atoms with E-state index in [1.54, 1.807) is 6.07 Å². The number of hydrogen-bond donors (Lipinski definition) is 1. The van der Waals surface area contributed by atoms with Crippen molar-refractivity contribution >= 4 is 43.8 Å². The van der Waals surface area contributed by atoms with Crippen LogP contribution in [-0.4, -0.2) is 61.7 Å². The second-order valence-corrected chi connectivity index (χ2v) is 11.4. The topological polar surface area (TPSA) is 80.2 Å². The van der Waals surface area contributed by atoms with E-state index in [4.69, 9.17) is 4.74 Å². The van der Waals surface area contributed by atoms with Crippen molar-refractivity contribution in [1.82, 2.24) is 19.9 Å². The van der Waals surface area contributed by atoms with Crippen LogP contribution < -0.4 is 14.5 Å². The molecule has 212 valence electrons. The summed E-state index contributed by atoms with van der Waals surface area (Å²) in [5.41, 5.74) is 0.452. The average Bonchev–Trinajstić information content (AvgIpc) is 2.93. The van der Waals surface area contributed by atoms with Crippen LogP contribution in [0.15, 0.2) is 60.9 Å². The number of fused-ring (bicyclic) bond motifs is 1. The van der Waals surface area contributed by atoms with Gasteiger partial charge in [-0.05, 0) is 25.3 Å². The molecular formula is C30H29AsF3N5O2. The number of ether oxygens (including phenoxy) is 1. The van der Waals surface area contributed by atoms with Gasteiger partial charge >= 0.3 is 164 Å². The van der Waals surface area contributed by atoms with Crippen molar-refractivity contribution in [1.29, 1.82) is 0 Å². The number of hydrogen-bond acceptors (Lipinski definition) is 6. The maximum atomic E-state index is 13.7. The van der Waals surface area contributed by atoms with E-state index in [-0.39, 0.29) is 17.5 Å². The molecule has 1 aliphatic rings. The SMILES string of the molecule is CC(C)CN1CCCC[C@@H]1C(=O)Nc1cc(C(F)(F)F)ccc1-c1cc(Oc2cccc3ccc([As])nc23)ncn1. The van der Waals surface area contributed by atoms with Crippen molar-refractivity contribution in [2.75, 3.05) is 18.4 Å². The fourth-order valence-electron chi connectivity index (χ4n) is 5.09. The maximum absolute atomic E-state index is 13.7. The normalized spacial score (nSPS) is 16.2. The summed E-state index contributed by atoms with van der Waals surface area (Å²) in [6, 6.07) is 13.7. The van der Waals surface area contributed by atoms with Crippen molar-refractivity contribution in [3.63, 3.8) is 0 Å². The molecule has 0 unspecified atom stereocenters. The molecule has 1 N–H and O–H groups in total. The molecule has 4 aromatic rings. The number of nitrogens with one attached hydrogen (secondary N) is 1. The Morgan fingerprint density at radius 3 is 2.73 bits per heavy atom. The van der Waals surface area contributed by atoms with Gasteiger partial charge < -0.3 is 0 Å². The molecule has 1 atom stereocenters. The number of nitrogens with zero attached hydrogens (tertiary/aromatic N) is 4. The molecule has 0 spiro atoms. The molecule has 2 aromatic carbocycles. The predicted molar refractivity (Wildman–Crippen MR) is 152 cm³/mol. The number of para-hydroxylation sites is 1. The van der Waals surface area contributed by atoms with E-state index in [1.807, 2.05) is 24.3 Å². The van der Waals surface area contributed by atoms with Crippen LogP contribution in [0.4, 0.5) is 18.9 Å². The Bertz CT molecular complexity index is 1560. The zero-order valence-corrected chi connectivity index (χ0v) is 24.5. The Morgan fingerprint density at radius 2 is 1.95 bits per heavy atom. The molecule has 1 amide bonds. The van der Waals surface area contributed by atoms with Gasteiger partial charge in [0, 0.05) is 6.54 Å². The van der Waals surface area contributed by atoms with Crippen LogP contribution in [0, 0.1) is 5.92 Å². The summed E-state index contributed by atoms with van der Waals surface area (Å²) < 4.78 is 47.9. The van der Waals surface area contributed by atoms with Crippen LogP contribution in [0.5, 0.6) is 11.6 Å². The fraction of sp³-hybridized carbons (Fsp3) is 0.333. The molecule has 0 aliphatic carbocycles. The van der Waals surface area contributed by atoms with Crippen LogP contribution in [0.25, 0.3) is 22.2 Å². The van der Waals surface area contributed by atoms with Gasteiger partial charge in [-0.15, -0.1) is 0 Å². The molecule has 2 aromatic heterocycles. The number of carbonyl (C=O) groups excluding carboxylic acids is 1. The number of piperidine rings is 1. The number of carbonyl (C=O) groups is 1. The molecule has 0 bridgehead atoms. The van der Waals surface area contributed by atoms with Crippen molar-refractivity contribution < 1.29 is 22.7 Å². The molecule has 0 saturated carbocycles. The second-order valence-electron chi connectivity index (χ2n) is 10.5. The number of pyridine rings is 1. The van der Waals surface area contributed by atoms with Crippen molar-refractivity contribution in [2.24, 2.45) is 5.92 Å². The van der Waals surface area contributed by atoms with Gasteiger partial charge in [0.1, 0.15) is 0 Å². The number of rotatable bonds is 7. The van der Waals surface area contributed by atoms with Crippen LogP contribution in [0.2, 0.25) is 0 Å². The Balaban J connectivity index is 1.48. The summed E-state index contributed by atoms with van der Waals surface area (Å²) in [6.45, 7) is 5.68. The van der Waals surface area contributed by atoms with Crippen molar-refractivity contribution in [3.05, 3.63) is 66.5 Å². The van der Waals surface area contributed by atoms with Gasteiger partial charge in [-0.25, -0.2) is 0 Å². The Hall–Kier alpha value is -3.49. The third kappa shape index (κ3) is 6.88. The van der Waals surface area contributed by atoms with Crippen molar-refractivity contribution in [2.45, 2.75) is 45.3 Å². The Kier molecular flexibility index (Phi) is 8.61. The van der Waals surface area contributed by atoms with Crippen LogP contribution in [-0.2, 0) is 11.0 Å². The first-order chi connectivity index (χ1) is 19.6. The van der Waals surface area contributed by atoms with E-state index in [0.29, 0.717) is 34.9 Å². The van der Waals surface area contributed by atoms with Gasteiger partial charge in [0.05, 0.1) is 6.04 Å². The molecule has 7 nitrogen and oxygen atoms in total. The summed E-state index contributed by atoms with van der Waals surface area (Å²) in [6.07, 6.45) is -0.781. The molecule has 3 heterocycles. The van der Waals surface area contributed by atoms with Gasteiger partial charge in [0.15, 0.2) is 0 Å². The number of likely N-dealkylation sites (tertiary alicyclic amines) is 1. The Morgan fingerprint density at radius 1 is 1.12 bits per heavy atom. The van der Waals surface area contributed by atoms with Crippen LogP contribution in [0.3, 0.4) is 0 Å². The molecule has 1 fully saturated rings. The zero-order valence-electron chi connectivity index (χ0n) is 22.7. The summed E-state index contributed by atoms with van der Waals surface area (Å²) in [5, 5.41) is 3.68. The first kappa shape index (κ1) is 29.0. The van der Waals surface area contributed by atoms with Gasteiger partial charge in [0.25, 0.3) is 0 Å². The number of amides is 1. The van der Waals surface area contributed by atoms with E-state index in [9.17, 15) is 18.0 Å². The van der Waals surface area contributed by atoms with Gasteiger partial charge in [-0.2, -0.15) is 13.2 Å². The third-order valence-corrected chi connectivity index (χ3v) is 7.44. The van der Waals surface area contributed by atoms with Gasteiger partial charge in [0.2, 0.25) is 0 Å². The van der Waals surface area contributed by atoms with E-state index in [1.165, 1.54) is 18.5 Å². The summed E-state index contributed by atoms with van der Waals surface area (Å²) in [5.74, 6) is 0.690. The zero-order chi connectivity index (χ0) is 29.1.